The predicted molar refractivity (Wildman–Crippen MR) is 204 cm³/mol. The summed E-state index contributed by atoms with van der Waals surface area (Å²) in [6.07, 6.45) is 2.81. The number of aliphatic imine (C=N–C) groups is 1. The Balaban J connectivity index is 1.23. The van der Waals surface area contributed by atoms with Crippen LogP contribution in [0.15, 0.2) is 46.2 Å². The zero-order valence-corrected chi connectivity index (χ0v) is 31.6. The van der Waals surface area contributed by atoms with Crippen molar-refractivity contribution in [2.75, 3.05) is 49.5 Å². The molecule has 8 rings (SSSR count). The number of guanidine groups is 1. The van der Waals surface area contributed by atoms with Crippen LogP contribution < -0.4 is 21.1 Å². The Hall–Kier alpha value is -3.83. The van der Waals surface area contributed by atoms with Crippen molar-refractivity contribution in [2.45, 2.75) is 72.5 Å². The van der Waals surface area contributed by atoms with Crippen molar-refractivity contribution >= 4 is 63.5 Å². The number of hydrogen-bond donors (Lipinski definition) is 2. The van der Waals surface area contributed by atoms with Gasteiger partial charge in [0.1, 0.15) is 0 Å². The van der Waals surface area contributed by atoms with Crippen molar-refractivity contribution in [3.63, 3.8) is 0 Å². The monoisotopic (exact) mass is 734 g/mol. The number of aromatic nitrogens is 2. The molecule has 13 heteroatoms. The molecule has 11 nitrogen and oxygen atoms in total. The molecule has 2 bridgehead atoms. The molecule has 2 N–H and O–H groups in total. The average molecular weight is 736 g/mol. The normalized spacial score (nSPS) is 26.2. The Morgan fingerprint density at radius 2 is 1.80 bits per heavy atom. The number of nitrogens with one attached hydrogen (secondary N) is 2. The van der Waals surface area contributed by atoms with E-state index in [9.17, 15) is 14.4 Å². The van der Waals surface area contributed by atoms with Crippen molar-refractivity contribution < 1.29 is 9.59 Å². The second-order valence-corrected chi connectivity index (χ2v) is 16.4. The largest absolute Gasteiger partial charge is 0.350 e. The van der Waals surface area contributed by atoms with Crippen molar-refractivity contribution in [2.24, 2.45) is 28.2 Å². The van der Waals surface area contributed by atoms with Crippen LogP contribution in [0, 0.1) is 23.2 Å². The highest BCUT2D eigenvalue weighted by Gasteiger charge is 2.56. The quantitative estimate of drug-likeness (QED) is 0.262. The van der Waals surface area contributed by atoms with E-state index >= 15 is 0 Å². The second-order valence-electron chi connectivity index (χ2n) is 15.5. The van der Waals surface area contributed by atoms with E-state index in [1.807, 2.05) is 41.0 Å². The van der Waals surface area contributed by atoms with Gasteiger partial charge in [-0.05, 0) is 85.3 Å². The third-order valence-electron chi connectivity index (χ3n) is 12.0. The molecule has 5 fully saturated rings. The zero-order valence-electron chi connectivity index (χ0n) is 30.1. The summed E-state index contributed by atoms with van der Waals surface area (Å²) < 4.78 is 1.72. The number of fused-ring (bicyclic) bond motifs is 3. The zero-order chi connectivity index (χ0) is 36.2. The first-order valence-electron chi connectivity index (χ1n) is 18.2. The topological polar surface area (TPSA) is 115 Å². The minimum absolute atomic E-state index is 0.0140. The molecule has 3 aliphatic carbocycles. The molecule has 3 heterocycles. The van der Waals surface area contributed by atoms with Crippen molar-refractivity contribution in [1.82, 2.24) is 24.7 Å². The number of hydrogen-bond acceptors (Lipinski definition) is 6. The van der Waals surface area contributed by atoms with Crippen LogP contribution in [0.1, 0.15) is 53.0 Å². The lowest BCUT2D eigenvalue weighted by Gasteiger charge is -2.61. The number of benzene rings is 2. The number of carbonyl (C=O) groups excluding carboxylic acids is 2. The molecule has 2 aliphatic heterocycles. The number of nitrogens with zero attached hydrogens (tertiary/aromatic N) is 6. The van der Waals surface area contributed by atoms with Crippen molar-refractivity contribution in [3.8, 4) is 0 Å². The van der Waals surface area contributed by atoms with Gasteiger partial charge in [-0.25, -0.2) is 9.98 Å². The van der Waals surface area contributed by atoms with Crippen LogP contribution in [0.5, 0.6) is 0 Å². The van der Waals surface area contributed by atoms with Gasteiger partial charge in [-0.2, -0.15) is 0 Å². The van der Waals surface area contributed by atoms with Crippen LogP contribution in [0.3, 0.4) is 0 Å². The molecule has 51 heavy (non-hydrogen) atoms. The van der Waals surface area contributed by atoms with Gasteiger partial charge < -0.3 is 25.3 Å². The molecule has 0 radical (unpaired) electrons. The minimum atomic E-state index is -0.145. The number of halogens is 2. The molecule has 3 aromatic rings. The van der Waals surface area contributed by atoms with E-state index in [2.05, 4.69) is 36.3 Å². The molecule has 3 saturated carbocycles. The Morgan fingerprint density at radius 3 is 2.47 bits per heavy atom. The number of aryl methyl sites for hydroxylation is 1. The first-order chi connectivity index (χ1) is 24.3. The minimum Gasteiger partial charge on any atom is -0.350 e. The van der Waals surface area contributed by atoms with Crippen LogP contribution in [-0.2, 0) is 22.6 Å². The van der Waals surface area contributed by atoms with Gasteiger partial charge in [-0.3, -0.25) is 19.0 Å². The van der Waals surface area contributed by atoms with Crippen LogP contribution >= 0.6 is 23.2 Å². The van der Waals surface area contributed by atoms with Gasteiger partial charge in [0.2, 0.25) is 17.8 Å². The molecular weight excluding hydrogens is 687 g/mol. The van der Waals surface area contributed by atoms with E-state index in [0.717, 1.165) is 17.7 Å². The van der Waals surface area contributed by atoms with Crippen LogP contribution in [0.2, 0.25) is 10.0 Å². The van der Waals surface area contributed by atoms with E-state index in [0.29, 0.717) is 102 Å². The fourth-order valence-corrected chi connectivity index (χ4v) is 9.28. The predicted octanol–water partition coefficient (Wildman–Crippen LogP) is 5.27. The van der Waals surface area contributed by atoms with E-state index < -0.39 is 0 Å². The summed E-state index contributed by atoms with van der Waals surface area (Å²) in [5.41, 5.74) is 2.40. The lowest BCUT2D eigenvalue weighted by atomic mass is 9.45. The first-order valence-corrected chi connectivity index (χ1v) is 18.9. The summed E-state index contributed by atoms with van der Waals surface area (Å²) in [7, 11) is 0. The summed E-state index contributed by atoms with van der Waals surface area (Å²) in [5, 5.41) is 8.21. The molecule has 2 aromatic carbocycles. The maximum absolute atomic E-state index is 14.2. The summed E-state index contributed by atoms with van der Waals surface area (Å²) in [6, 6.07) is 11.2. The van der Waals surface area contributed by atoms with E-state index in [-0.39, 0.29) is 36.0 Å². The molecule has 0 spiro atoms. The van der Waals surface area contributed by atoms with Crippen molar-refractivity contribution in [1.29, 1.82) is 0 Å². The van der Waals surface area contributed by atoms with Crippen molar-refractivity contribution in [3.05, 3.63) is 62.4 Å². The van der Waals surface area contributed by atoms with Crippen LogP contribution in [-0.4, -0.2) is 88.5 Å². The maximum atomic E-state index is 14.2. The fraction of sp³-hybridized carbons (Fsp3) is 0.553. The summed E-state index contributed by atoms with van der Waals surface area (Å²) in [6.45, 7) is 14.1. The molecule has 2 saturated heterocycles. The molecule has 1 aromatic heterocycles. The second kappa shape index (κ2) is 14.0. The van der Waals surface area contributed by atoms with Gasteiger partial charge in [-0.15, -0.1) is 0 Å². The lowest BCUT2D eigenvalue weighted by molar-refractivity contribution is -0.129. The molecule has 272 valence electrons. The number of amides is 2. The molecule has 1 unspecified atom stereocenters. The highest BCUT2D eigenvalue weighted by molar-refractivity contribution is 6.35. The van der Waals surface area contributed by atoms with Gasteiger partial charge in [0.05, 0.1) is 23.5 Å². The van der Waals surface area contributed by atoms with Crippen LogP contribution in [0.25, 0.3) is 10.9 Å². The summed E-state index contributed by atoms with van der Waals surface area (Å²) in [5.74, 6) is 2.96. The Kier molecular flexibility index (Phi) is 9.73. The van der Waals surface area contributed by atoms with Gasteiger partial charge in [0, 0.05) is 68.0 Å². The Morgan fingerprint density at radius 1 is 1.04 bits per heavy atom. The standard InChI is InChI=1S/C38H48Cl2N8O3/c1-22-20-47(21-34(50)41-22)36(43-32-17-26-16-30(23(32)2)38(26,4)5)42-28-8-9-29-33(19-28)44-37(46-14-12-45(13-15-46)24(3)49)48(35(29)51)11-10-25-6-7-27(39)18-31(25)40/h6-9,18-19,22-23,26,30,32H,10-17,20-21H2,1-5H3,(H,41,50)(H,42,43)/t22?,23-,26-,30+,32-/m0/s1. The smallest absolute Gasteiger partial charge is 0.262 e. The number of piperazine rings is 2. The van der Waals surface area contributed by atoms with E-state index in [4.69, 9.17) is 33.2 Å². The average Bonchev–Trinajstić information content (AvgIpc) is 3.08. The van der Waals surface area contributed by atoms with Gasteiger partial charge in [0.15, 0.2) is 5.96 Å². The van der Waals surface area contributed by atoms with Gasteiger partial charge in [0.25, 0.3) is 5.56 Å². The SMILES string of the molecule is CC(=O)N1CCN(c2nc3cc(N/C(=N/[C@H]4C[C@@H]5C[C@H]([C@@H]4C)C5(C)C)N4CC(=O)NC(C)C4)ccc3c(=O)n2CCc2ccc(Cl)cc2Cl)CC1. The third-order valence-corrected chi connectivity index (χ3v) is 12.5. The molecular formula is C38H48Cl2N8O3. The van der Waals surface area contributed by atoms with Crippen LogP contribution in [0.4, 0.5) is 11.6 Å². The fourth-order valence-electron chi connectivity index (χ4n) is 8.78. The van der Waals surface area contributed by atoms with E-state index in [1.165, 1.54) is 6.42 Å². The van der Waals surface area contributed by atoms with Gasteiger partial charge >= 0.3 is 0 Å². The third kappa shape index (κ3) is 7.03. The number of rotatable bonds is 6. The maximum Gasteiger partial charge on any atom is 0.262 e. The number of anilines is 2. The highest BCUT2D eigenvalue weighted by Crippen LogP contribution is 2.61. The highest BCUT2D eigenvalue weighted by atomic mass is 35.5. The Labute approximate surface area is 309 Å². The first kappa shape index (κ1) is 35.6. The summed E-state index contributed by atoms with van der Waals surface area (Å²) in [4.78, 5) is 55.4. The Bertz CT molecular complexity index is 1940. The molecule has 2 amide bonds. The molecule has 5 atom stereocenters. The lowest BCUT2D eigenvalue weighted by Crippen LogP contribution is -2.58. The number of carbonyl (C=O) groups is 2. The summed E-state index contributed by atoms with van der Waals surface area (Å²) >= 11 is 12.7. The molecule has 5 aliphatic rings. The van der Waals surface area contributed by atoms with E-state index in [1.54, 1.807) is 23.6 Å². The van der Waals surface area contributed by atoms with Gasteiger partial charge in [-0.1, -0.05) is 50.0 Å².